The van der Waals surface area contributed by atoms with Crippen molar-refractivity contribution in [3.8, 4) is 0 Å². The van der Waals surface area contributed by atoms with Gasteiger partial charge in [0.1, 0.15) is 6.04 Å². The standard InChI is InChI=1S/C26H36N4O4S/c1-35-15-12-23(26(33)34)28-24(31)18-29(17-21-9-5-14-30(21)25(32)11-13-27)16-20-8-4-7-19-6-2-3-10-22(19)20/h2-4,6-8,10,21,23H,5,9,11-18,27H2,1H3,(H,28,31)(H,33,34)/t21-,23-/m0/s1. The molecule has 1 aliphatic heterocycles. The smallest absolute Gasteiger partial charge is 0.326 e. The number of thioether (sulfide) groups is 1. The van der Waals surface area contributed by atoms with Gasteiger partial charge in [0, 0.05) is 38.6 Å². The van der Waals surface area contributed by atoms with E-state index >= 15 is 0 Å². The Balaban J connectivity index is 1.79. The number of carboxylic acids is 1. The van der Waals surface area contributed by atoms with Gasteiger partial charge in [-0.1, -0.05) is 42.5 Å². The van der Waals surface area contributed by atoms with Crippen molar-refractivity contribution in [2.24, 2.45) is 5.73 Å². The van der Waals surface area contributed by atoms with Gasteiger partial charge < -0.3 is 21.1 Å². The van der Waals surface area contributed by atoms with Crippen LogP contribution >= 0.6 is 11.8 Å². The van der Waals surface area contributed by atoms with Crippen molar-refractivity contribution in [1.29, 1.82) is 0 Å². The molecule has 0 aromatic heterocycles. The van der Waals surface area contributed by atoms with Crippen LogP contribution in [0.1, 0.15) is 31.2 Å². The van der Waals surface area contributed by atoms with Crippen molar-refractivity contribution in [3.63, 3.8) is 0 Å². The molecule has 0 unspecified atom stereocenters. The number of rotatable bonds is 13. The average molecular weight is 501 g/mol. The zero-order valence-corrected chi connectivity index (χ0v) is 21.1. The van der Waals surface area contributed by atoms with E-state index in [0.29, 0.717) is 44.8 Å². The first-order chi connectivity index (χ1) is 16.9. The lowest BCUT2D eigenvalue weighted by molar-refractivity contribution is -0.142. The molecule has 0 bridgehead atoms. The quantitative estimate of drug-likeness (QED) is 0.386. The fourth-order valence-electron chi connectivity index (χ4n) is 4.71. The number of hydrogen-bond donors (Lipinski definition) is 3. The number of hydrogen-bond acceptors (Lipinski definition) is 6. The molecule has 1 fully saturated rings. The number of likely N-dealkylation sites (tertiary alicyclic amines) is 1. The largest absolute Gasteiger partial charge is 0.480 e. The summed E-state index contributed by atoms with van der Waals surface area (Å²) in [5, 5.41) is 14.5. The van der Waals surface area contributed by atoms with Crippen LogP contribution in [0.2, 0.25) is 0 Å². The van der Waals surface area contributed by atoms with Crippen LogP contribution in [0, 0.1) is 0 Å². The maximum Gasteiger partial charge on any atom is 0.326 e. The average Bonchev–Trinajstić information content (AvgIpc) is 3.30. The molecule has 1 saturated heterocycles. The van der Waals surface area contributed by atoms with Crippen LogP contribution in [0.15, 0.2) is 42.5 Å². The van der Waals surface area contributed by atoms with E-state index in [2.05, 4.69) is 29.6 Å². The fourth-order valence-corrected chi connectivity index (χ4v) is 5.18. The molecule has 35 heavy (non-hydrogen) atoms. The van der Waals surface area contributed by atoms with Gasteiger partial charge in [-0.3, -0.25) is 14.5 Å². The first-order valence-corrected chi connectivity index (χ1v) is 13.5. The van der Waals surface area contributed by atoms with Gasteiger partial charge in [0.05, 0.1) is 6.54 Å². The monoisotopic (exact) mass is 500 g/mol. The Bertz CT molecular complexity index is 1010. The van der Waals surface area contributed by atoms with Gasteiger partial charge in [-0.25, -0.2) is 4.79 Å². The third-order valence-electron chi connectivity index (χ3n) is 6.41. The number of carbonyl (C=O) groups excluding carboxylic acids is 2. The predicted molar refractivity (Wildman–Crippen MR) is 140 cm³/mol. The van der Waals surface area contributed by atoms with Gasteiger partial charge in [0.15, 0.2) is 0 Å². The normalized spacial score (nSPS) is 16.5. The lowest BCUT2D eigenvalue weighted by Gasteiger charge is -2.31. The van der Waals surface area contributed by atoms with Crippen LogP contribution < -0.4 is 11.1 Å². The van der Waals surface area contributed by atoms with Crippen molar-refractivity contribution in [1.82, 2.24) is 15.1 Å². The molecule has 9 heteroatoms. The van der Waals surface area contributed by atoms with E-state index in [1.54, 1.807) is 11.8 Å². The van der Waals surface area contributed by atoms with Crippen molar-refractivity contribution in [3.05, 3.63) is 48.0 Å². The molecule has 2 amide bonds. The number of nitrogens with one attached hydrogen (secondary N) is 1. The van der Waals surface area contributed by atoms with Crippen LogP contribution in [0.25, 0.3) is 10.8 Å². The van der Waals surface area contributed by atoms with Crippen molar-refractivity contribution in [2.75, 3.05) is 38.2 Å². The van der Waals surface area contributed by atoms with Crippen LogP contribution in [0.3, 0.4) is 0 Å². The number of aliphatic carboxylic acids is 1. The van der Waals surface area contributed by atoms with Crippen LogP contribution in [-0.2, 0) is 20.9 Å². The molecule has 2 atom stereocenters. The molecule has 0 radical (unpaired) electrons. The number of carboxylic acid groups (broad SMARTS) is 1. The summed E-state index contributed by atoms with van der Waals surface area (Å²) in [5.74, 6) is -0.649. The molecule has 3 rings (SSSR count). The molecule has 2 aromatic carbocycles. The Hall–Kier alpha value is -2.62. The Kier molecular flexibility index (Phi) is 10.4. The maximum absolute atomic E-state index is 13.0. The number of carbonyl (C=O) groups is 3. The van der Waals surface area contributed by atoms with E-state index < -0.39 is 12.0 Å². The summed E-state index contributed by atoms with van der Waals surface area (Å²) in [6.07, 6.45) is 4.39. The summed E-state index contributed by atoms with van der Waals surface area (Å²) in [7, 11) is 0. The molecular weight excluding hydrogens is 464 g/mol. The van der Waals surface area contributed by atoms with E-state index in [1.165, 1.54) is 0 Å². The van der Waals surface area contributed by atoms with E-state index in [-0.39, 0.29) is 24.4 Å². The minimum Gasteiger partial charge on any atom is -0.480 e. The van der Waals surface area contributed by atoms with Crippen molar-refractivity contribution >= 4 is 40.3 Å². The van der Waals surface area contributed by atoms with Gasteiger partial charge in [-0.2, -0.15) is 11.8 Å². The first-order valence-electron chi connectivity index (χ1n) is 12.1. The van der Waals surface area contributed by atoms with E-state index in [4.69, 9.17) is 5.73 Å². The molecule has 0 saturated carbocycles. The zero-order chi connectivity index (χ0) is 25.2. The molecule has 0 spiro atoms. The molecule has 190 valence electrons. The summed E-state index contributed by atoms with van der Waals surface area (Å²) in [4.78, 5) is 41.1. The summed E-state index contributed by atoms with van der Waals surface area (Å²) < 4.78 is 0. The van der Waals surface area contributed by atoms with Gasteiger partial charge in [0.25, 0.3) is 0 Å². The van der Waals surface area contributed by atoms with Gasteiger partial charge in [-0.05, 0) is 47.6 Å². The first kappa shape index (κ1) is 27.0. The van der Waals surface area contributed by atoms with Crippen LogP contribution in [0.5, 0.6) is 0 Å². The SMILES string of the molecule is CSCC[C@H](NC(=O)CN(Cc1cccc2ccccc12)C[C@@H]1CCCN1C(=O)CCN)C(=O)O. The Morgan fingerprint density at radius 3 is 2.74 bits per heavy atom. The second-order valence-electron chi connectivity index (χ2n) is 8.97. The molecule has 2 aromatic rings. The predicted octanol–water partition coefficient (Wildman–Crippen LogP) is 2.30. The number of fused-ring (bicyclic) bond motifs is 1. The highest BCUT2D eigenvalue weighted by Gasteiger charge is 2.31. The Morgan fingerprint density at radius 1 is 1.23 bits per heavy atom. The summed E-state index contributed by atoms with van der Waals surface area (Å²) in [6, 6.07) is 13.3. The molecular formula is C26H36N4O4S. The minimum atomic E-state index is -1.03. The van der Waals surface area contributed by atoms with Gasteiger partial charge in [-0.15, -0.1) is 0 Å². The molecule has 0 aliphatic carbocycles. The summed E-state index contributed by atoms with van der Waals surface area (Å²) in [5.41, 5.74) is 6.70. The topological polar surface area (TPSA) is 116 Å². The minimum absolute atomic E-state index is 0.00332. The molecule has 1 heterocycles. The molecule has 8 nitrogen and oxygen atoms in total. The molecule has 4 N–H and O–H groups in total. The molecule has 1 aliphatic rings. The highest BCUT2D eigenvalue weighted by atomic mass is 32.2. The third-order valence-corrected chi connectivity index (χ3v) is 7.05. The Labute approximate surface area is 211 Å². The van der Waals surface area contributed by atoms with Gasteiger partial charge >= 0.3 is 5.97 Å². The Morgan fingerprint density at radius 2 is 2.00 bits per heavy atom. The summed E-state index contributed by atoms with van der Waals surface area (Å²) >= 11 is 1.55. The van der Waals surface area contributed by atoms with Crippen molar-refractivity contribution < 1.29 is 19.5 Å². The second kappa shape index (κ2) is 13.5. The summed E-state index contributed by atoms with van der Waals surface area (Å²) in [6.45, 7) is 2.13. The van der Waals surface area contributed by atoms with Gasteiger partial charge in [0.2, 0.25) is 11.8 Å². The third kappa shape index (κ3) is 7.68. The van der Waals surface area contributed by atoms with E-state index in [0.717, 1.165) is 29.2 Å². The highest BCUT2D eigenvalue weighted by molar-refractivity contribution is 7.98. The number of benzene rings is 2. The zero-order valence-electron chi connectivity index (χ0n) is 20.3. The highest BCUT2D eigenvalue weighted by Crippen LogP contribution is 2.23. The van der Waals surface area contributed by atoms with E-state index in [9.17, 15) is 19.5 Å². The van der Waals surface area contributed by atoms with E-state index in [1.807, 2.05) is 34.3 Å². The second-order valence-corrected chi connectivity index (χ2v) is 9.96. The number of nitrogens with zero attached hydrogens (tertiary/aromatic N) is 2. The lowest BCUT2D eigenvalue weighted by Crippen LogP contribution is -2.49. The van der Waals surface area contributed by atoms with Crippen LogP contribution in [-0.4, -0.2) is 83.0 Å². The van der Waals surface area contributed by atoms with Crippen LogP contribution in [0.4, 0.5) is 0 Å². The lowest BCUT2D eigenvalue weighted by atomic mass is 10.0. The van der Waals surface area contributed by atoms with Crippen molar-refractivity contribution in [2.45, 2.75) is 44.3 Å². The number of amides is 2. The fraction of sp³-hybridized carbons (Fsp3) is 0.500. The maximum atomic E-state index is 13.0. The number of nitrogens with two attached hydrogens (primary N) is 1.